The second kappa shape index (κ2) is 10.7. The monoisotopic (exact) mass is 241 g/mol. The van der Waals surface area contributed by atoms with Gasteiger partial charge in [0.15, 0.2) is 0 Å². The van der Waals surface area contributed by atoms with Gasteiger partial charge in [0.05, 0.1) is 0 Å². The Bertz CT molecular complexity index is 257. The molecule has 0 amide bonds. The number of aliphatic imine (C=N–C) groups is 1. The van der Waals surface area contributed by atoms with Crippen molar-refractivity contribution in [2.45, 2.75) is 34.6 Å². The maximum atomic E-state index is 5.62. The van der Waals surface area contributed by atoms with Crippen LogP contribution in [0.15, 0.2) is 42.1 Å². The molecule has 0 aromatic carbocycles. The number of halogens is 1. The zero-order chi connectivity index (χ0) is 13.1. The first-order valence-electron chi connectivity index (χ1n) is 5.53. The largest absolute Gasteiger partial charge is 0.244 e. The van der Waals surface area contributed by atoms with Crippen LogP contribution in [0.5, 0.6) is 0 Å². The number of rotatable bonds is 4. The van der Waals surface area contributed by atoms with Gasteiger partial charge in [-0.25, -0.2) is 4.99 Å². The van der Waals surface area contributed by atoms with Crippen LogP contribution in [0.2, 0.25) is 0 Å². The molecule has 0 aromatic heterocycles. The summed E-state index contributed by atoms with van der Waals surface area (Å²) in [7, 11) is 0. The van der Waals surface area contributed by atoms with Crippen molar-refractivity contribution in [2.24, 2.45) is 16.8 Å². The van der Waals surface area contributed by atoms with Gasteiger partial charge in [0, 0.05) is 6.20 Å². The second-order valence-corrected chi connectivity index (χ2v) is 4.76. The number of hydrogen-bond donors (Lipinski definition) is 0. The van der Waals surface area contributed by atoms with E-state index >= 15 is 0 Å². The molecule has 0 fully saturated rings. The molecular weight excluding hydrogens is 218 g/mol. The Labute approximate surface area is 106 Å². The highest BCUT2D eigenvalue weighted by atomic mass is 35.5. The molecule has 0 unspecified atom stereocenters. The minimum Gasteiger partial charge on any atom is -0.244 e. The lowest BCUT2D eigenvalue weighted by Crippen LogP contribution is -1.89. The summed E-state index contributed by atoms with van der Waals surface area (Å²) in [6.45, 7) is 17.8. The lowest BCUT2D eigenvalue weighted by Gasteiger charge is -2.02. The highest BCUT2D eigenvalue weighted by Gasteiger charge is 1.96. The molecule has 1 nitrogen and oxygen atoms in total. The smallest absolute Gasteiger partial charge is 0.128 e. The molecule has 0 atom stereocenters. The fourth-order valence-electron chi connectivity index (χ4n) is 0.626. The van der Waals surface area contributed by atoms with Crippen LogP contribution < -0.4 is 0 Å². The van der Waals surface area contributed by atoms with Gasteiger partial charge in [0.2, 0.25) is 0 Å². The summed E-state index contributed by atoms with van der Waals surface area (Å²) < 4.78 is 0. The summed E-state index contributed by atoms with van der Waals surface area (Å²) in [4.78, 5) is 3.97. The Morgan fingerprint density at radius 2 is 1.50 bits per heavy atom. The number of allylic oxidation sites excluding steroid dienone is 3. The van der Waals surface area contributed by atoms with Gasteiger partial charge in [0.1, 0.15) is 5.17 Å². The van der Waals surface area contributed by atoms with Crippen molar-refractivity contribution in [3.63, 3.8) is 0 Å². The van der Waals surface area contributed by atoms with E-state index < -0.39 is 0 Å². The van der Waals surface area contributed by atoms with Crippen LogP contribution >= 0.6 is 11.6 Å². The minimum absolute atomic E-state index is 0.398. The van der Waals surface area contributed by atoms with E-state index in [2.05, 4.69) is 52.8 Å². The highest BCUT2D eigenvalue weighted by Crippen LogP contribution is 2.10. The number of nitrogens with zero attached hydrogens (tertiary/aromatic N) is 1. The summed E-state index contributed by atoms with van der Waals surface area (Å²) in [5.41, 5.74) is 1.06. The fraction of sp³-hybridized carbons (Fsp3) is 0.500. The van der Waals surface area contributed by atoms with Gasteiger partial charge >= 0.3 is 0 Å². The van der Waals surface area contributed by atoms with E-state index in [1.807, 2.05) is 0 Å². The standard InChI is InChI=1S/C10H14ClN.C4H10/c1-5-9(8(3)4)7-12-10(11)6-2;1-4(2)3/h5-8H,1-2H2,3-4H3;4H,1-3H3/b9-7+,12-10?;. The maximum absolute atomic E-state index is 5.62. The molecule has 0 aliphatic rings. The van der Waals surface area contributed by atoms with E-state index in [9.17, 15) is 0 Å². The van der Waals surface area contributed by atoms with Crippen LogP contribution in [-0.2, 0) is 0 Å². The average molecular weight is 242 g/mol. The van der Waals surface area contributed by atoms with E-state index in [0.717, 1.165) is 11.5 Å². The summed E-state index contributed by atoms with van der Waals surface area (Å²) in [6, 6.07) is 0. The molecule has 0 radical (unpaired) electrons. The van der Waals surface area contributed by atoms with Crippen LogP contribution in [0.4, 0.5) is 0 Å². The average Bonchev–Trinajstić information content (AvgIpc) is 2.17. The molecule has 0 aliphatic heterocycles. The molecule has 0 spiro atoms. The lowest BCUT2D eigenvalue weighted by atomic mass is 10.1. The lowest BCUT2D eigenvalue weighted by molar-refractivity contribution is 0.737. The topological polar surface area (TPSA) is 12.4 Å². The van der Waals surface area contributed by atoms with Crippen molar-refractivity contribution >= 4 is 16.8 Å². The van der Waals surface area contributed by atoms with Gasteiger partial charge in [-0.1, -0.05) is 65.5 Å². The molecule has 0 heterocycles. The summed E-state index contributed by atoms with van der Waals surface area (Å²) in [6.07, 6.45) is 4.99. The third-order valence-electron chi connectivity index (χ3n) is 1.41. The van der Waals surface area contributed by atoms with Crippen LogP contribution in [0.3, 0.4) is 0 Å². The predicted molar refractivity (Wildman–Crippen MR) is 77.1 cm³/mol. The van der Waals surface area contributed by atoms with E-state index in [1.54, 1.807) is 12.3 Å². The zero-order valence-electron chi connectivity index (χ0n) is 11.1. The third-order valence-corrected chi connectivity index (χ3v) is 1.66. The molecule has 0 aromatic rings. The third kappa shape index (κ3) is 13.2. The van der Waals surface area contributed by atoms with Gasteiger partial charge in [0.25, 0.3) is 0 Å². The normalized spacial score (nSPS) is 12.2. The van der Waals surface area contributed by atoms with Gasteiger partial charge < -0.3 is 0 Å². The Kier molecular flexibility index (Phi) is 11.7. The first-order chi connectivity index (χ1) is 7.34. The molecule has 0 saturated carbocycles. The van der Waals surface area contributed by atoms with E-state index in [0.29, 0.717) is 11.1 Å². The van der Waals surface area contributed by atoms with Crippen LogP contribution in [0, 0.1) is 11.8 Å². The maximum Gasteiger partial charge on any atom is 0.128 e. The van der Waals surface area contributed by atoms with Crippen molar-refractivity contribution < 1.29 is 0 Å². The van der Waals surface area contributed by atoms with Gasteiger partial charge in [-0.05, 0) is 23.5 Å². The summed E-state index contributed by atoms with van der Waals surface area (Å²) >= 11 is 5.62. The van der Waals surface area contributed by atoms with Crippen molar-refractivity contribution in [3.05, 3.63) is 37.1 Å². The van der Waals surface area contributed by atoms with Gasteiger partial charge in [-0.3, -0.25) is 0 Å². The Morgan fingerprint density at radius 3 is 1.75 bits per heavy atom. The van der Waals surface area contributed by atoms with Crippen molar-refractivity contribution in [1.29, 1.82) is 0 Å². The van der Waals surface area contributed by atoms with Gasteiger partial charge in [-0.15, -0.1) is 0 Å². The number of hydrogen-bond acceptors (Lipinski definition) is 1. The molecule has 0 saturated heterocycles. The molecule has 0 aliphatic carbocycles. The van der Waals surface area contributed by atoms with Gasteiger partial charge in [-0.2, -0.15) is 0 Å². The van der Waals surface area contributed by atoms with Crippen molar-refractivity contribution in [1.82, 2.24) is 0 Å². The minimum atomic E-state index is 0.398. The molecule has 0 rings (SSSR count). The zero-order valence-corrected chi connectivity index (χ0v) is 11.9. The summed E-state index contributed by atoms with van der Waals surface area (Å²) in [5.74, 6) is 1.25. The van der Waals surface area contributed by atoms with E-state index in [-0.39, 0.29) is 0 Å². The Balaban J connectivity index is 0. The first kappa shape index (κ1) is 17.6. The Morgan fingerprint density at radius 1 is 1.06 bits per heavy atom. The molecule has 0 bridgehead atoms. The molecule has 0 N–H and O–H groups in total. The molecule has 2 heteroatoms. The van der Waals surface area contributed by atoms with Crippen molar-refractivity contribution in [2.75, 3.05) is 0 Å². The quantitative estimate of drug-likeness (QED) is 0.474. The van der Waals surface area contributed by atoms with Crippen LogP contribution in [0.25, 0.3) is 0 Å². The van der Waals surface area contributed by atoms with Crippen LogP contribution in [0.1, 0.15) is 34.6 Å². The fourth-order valence-corrected chi connectivity index (χ4v) is 0.675. The molecule has 16 heavy (non-hydrogen) atoms. The van der Waals surface area contributed by atoms with E-state index in [4.69, 9.17) is 11.6 Å². The van der Waals surface area contributed by atoms with Crippen LogP contribution in [-0.4, -0.2) is 5.17 Å². The second-order valence-electron chi connectivity index (χ2n) is 4.38. The Hall–Kier alpha value is -0.820. The van der Waals surface area contributed by atoms with Crippen molar-refractivity contribution in [3.8, 4) is 0 Å². The SMILES string of the molecule is C=CC(Cl)=N/C=C(\C=C)C(C)C.CC(C)C. The first-order valence-corrected chi connectivity index (χ1v) is 5.91. The highest BCUT2D eigenvalue weighted by molar-refractivity contribution is 6.68. The predicted octanol–water partition coefficient (Wildman–Crippen LogP) is 5.20. The summed E-state index contributed by atoms with van der Waals surface area (Å²) in [5, 5.41) is 0.398. The molecule has 92 valence electrons. The molecular formula is C14H24ClN. The van der Waals surface area contributed by atoms with E-state index in [1.165, 1.54) is 6.08 Å².